The molecule has 0 bridgehead atoms. The molecule has 2 aliphatic carbocycles. The fourth-order valence-corrected chi connectivity index (χ4v) is 4.84. The van der Waals surface area contributed by atoms with Crippen LogP contribution in [-0.4, -0.2) is 37.2 Å². The number of nitrogens with zero attached hydrogens (tertiary/aromatic N) is 2. The van der Waals surface area contributed by atoms with Crippen LogP contribution in [0.3, 0.4) is 0 Å². The number of halogens is 2. The molecule has 0 N–H and O–H groups in total. The molecule has 5 rings (SSSR count). The Morgan fingerprint density at radius 3 is 2.61 bits per heavy atom. The van der Waals surface area contributed by atoms with Gasteiger partial charge in [0, 0.05) is 25.7 Å². The van der Waals surface area contributed by atoms with E-state index in [1.807, 2.05) is 4.90 Å². The van der Waals surface area contributed by atoms with Crippen LogP contribution in [0.5, 0.6) is 5.75 Å². The minimum absolute atomic E-state index is 0.0511. The fraction of sp³-hybridized carbons (Fsp3) is 0.524. The maximum Gasteiger partial charge on any atom is 0.200 e. The van der Waals surface area contributed by atoms with Crippen molar-refractivity contribution >= 4 is 22.9 Å². The number of fused-ring (bicyclic) bond motifs is 1. The first-order valence-corrected chi connectivity index (χ1v) is 9.69. The molecule has 2 heterocycles. The molecular formula is C21H22F2N2O3. The number of alkyl halides is 1. The topological polar surface area (TPSA) is 51.5 Å². The molecular weight excluding hydrogens is 366 g/mol. The summed E-state index contributed by atoms with van der Waals surface area (Å²) in [6, 6.07) is 0.707. The second kappa shape index (κ2) is 5.78. The lowest BCUT2D eigenvalue weighted by molar-refractivity contribution is 0.112. The second-order valence-corrected chi connectivity index (χ2v) is 8.54. The van der Waals surface area contributed by atoms with Crippen molar-refractivity contribution in [1.82, 2.24) is 4.57 Å². The largest absolute Gasteiger partial charge is 0.492 e. The highest BCUT2D eigenvalue weighted by Crippen LogP contribution is 2.58. The summed E-state index contributed by atoms with van der Waals surface area (Å²) in [6.07, 6.45) is 3.34. The van der Waals surface area contributed by atoms with E-state index >= 15 is 4.39 Å². The lowest BCUT2D eigenvalue weighted by atomic mass is 9.95. The van der Waals surface area contributed by atoms with Crippen LogP contribution in [0.2, 0.25) is 0 Å². The van der Waals surface area contributed by atoms with Crippen LogP contribution >= 0.6 is 0 Å². The van der Waals surface area contributed by atoms with Gasteiger partial charge in [0.1, 0.15) is 11.9 Å². The van der Waals surface area contributed by atoms with E-state index in [1.54, 1.807) is 4.57 Å². The molecule has 3 atom stereocenters. The normalized spacial score (nSPS) is 27.4. The van der Waals surface area contributed by atoms with Gasteiger partial charge < -0.3 is 14.2 Å². The zero-order valence-electron chi connectivity index (χ0n) is 15.9. The molecule has 148 valence electrons. The van der Waals surface area contributed by atoms with Crippen molar-refractivity contribution in [3.63, 3.8) is 0 Å². The first-order chi connectivity index (χ1) is 13.4. The van der Waals surface area contributed by atoms with E-state index in [4.69, 9.17) is 4.74 Å². The average Bonchev–Trinajstić information content (AvgIpc) is 3.57. The van der Waals surface area contributed by atoms with Crippen molar-refractivity contribution < 1.29 is 18.3 Å². The Morgan fingerprint density at radius 2 is 2.07 bits per heavy atom. The molecule has 2 aromatic rings. The number of aldehydes is 1. The van der Waals surface area contributed by atoms with E-state index in [0.29, 0.717) is 36.4 Å². The van der Waals surface area contributed by atoms with Crippen LogP contribution in [0, 0.1) is 17.2 Å². The monoisotopic (exact) mass is 388 g/mol. The van der Waals surface area contributed by atoms with Gasteiger partial charge in [-0.15, -0.1) is 0 Å². The van der Waals surface area contributed by atoms with Gasteiger partial charge in [-0.25, -0.2) is 8.78 Å². The Balaban J connectivity index is 1.78. The Labute approximate surface area is 160 Å². The van der Waals surface area contributed by atoms with Crippen molar-refractivity contribution in [1.29, 1.82) is 0 Å². The van der Waals surface area contributed by atoms with E-state index in [0.717, 1.165) is 19.4 Å². The lowest BCUT2D eigenvalue weighted by Gasteiger charge is -2.24. The van der Waals surface area contributed by atoms with E-state index in [-0.39, 0.29) is 22.1 Å². The van der Waals surface area contributed by atoms with E-state index in [2.05, 4.69) is 6.92 Å². The first kappa shape index (κ1) is 17.6. The number of carbonyl (C=O) groups is 1. The minimum atomic E-state index is -1.05. The van der Waals surface area contributed by atoms with Crippen LogP contribution in [-0.2, 0) is 0 Å². The van der Waals surface area contributed by atoms with Crippen molar-refractivity contribution in [3.8, 4) is 5.75 Å². The molecule has 1 spiro atoms. The third kappa shape index (κ3) is 2.34. The molecule has 7 heteroatoms. The van der Waals surface area contributed by atoms with Gasteiger partial charge in [0.05, 0.1) is 29.6 Å². The molecule has 1 saturated heterocycles. The molecule has 1 aliphatic heterocycles. The van der Waals surface area contributed by atoms with Gasteiger partial charge in [0.25, 0.3) is 0 Å². The van der Waals surface area contributed by atoms with Crippen LogP contribution in [0.15, 0.2) is 17.1 Å². The maximum atomic E-state index is 15.2. The van der Waals surface area contributed by atoms with Gasteiger partial charge in [-0.05, 0) is 30.2 Å². The molecule has 3 aliphatic rings. The smallest absolute Gasteiger partial charge is 0.200 e. The molecule has 3 fully saturated rings. The number of aromatic nitrogens is 1. The summed E-state index contributed by atoms with van der Waals surface area (Å²) >= 11 is 0. The summed E-state index contributed by atoms with van der Waals surface area (Å²) in [5, 5.41) is 0.0511. The molecule has 0 amide bonds. The summed E-state index contributed by atoms with van der Waals surface area (Å²) < 4.78 is 36.3. The van der Waals surface area contributed by atoms with Crippen molar-refractivity contribution in [3.05, 3.63) is 33.9 Å². The highest BCUT2D eigenvalue weighted by atomic mass is 19.1. The molecule has 5 nitrogen and oxygen atoms in total. The van der Waals surface area contributed by atoms with Crippen molar-refractivity contribution in [2.45, 2.75) is 38.4 Å². The highest BCUT2D eigenvalue weighted by Gasteiger charge is 2.53. The molecule has 0 radical (unpaired) electrons. The summed E-state index contributed by atoms with van der Waals surface area (Å²) in [5.41, 5.74) is 0.272. The van der Waals surface area contributed by atoms with Gasteiger partial charge in [0.2, 0.25) is 0 Å². The molecule has 1 aromatic heterocycles. The average molecular weight is 388 g/mol. The van der Waals surface area contributed by atoms with E-state index in [9.17, 15) is 14.0 Å². The number of methoxy groups -OCH3 is 1. The minimum Gasteiger partial charge on any atom is -0.492 e. The van der Waals surface area contributed by atoms with Crippen LogP contribution in [0.4, 0.5) is 14.5 Å². The van der Waals surface area contributed by atoms with Crippen LogP contribution in [0.25, 0.3) is 10.9 Å². The molecule has 2 saturated carbocycles. The predicted molar refractivity (Wildman–Crippen MR) is 102 cm³/mol. The number of benzene rings is 1. The first-order valence-electron chi connectivity index (χ1n) is 9.69. The van der Waals surface area contributed by atoms with Gasteiger partial charge in [-0.3, -0.25) is 9.59 Å². The summed E-state index contributed by atoms with van der Waals surface area (Å²) in [7, 11) is 1.44. The Bertz CT molecular complexity index is 1060. The van der Waals surface area contributed by atoms with Gasteiger partial charge in [-0.2, -0.15) is 0 Å². The molecule has 28 heavy (non-hydrogen) atoms. The predicted octanol–water partition coefficient (Wildman–Crippen LogP) is 3.48. The third-order valence-electron chi connectivity index (χ3n) is 6.85. The summed E-state index contributed by atoms with van der Waals surface area (Å²) in [4.78, 5) is 26.0. The van der Waals surface area contributed by atoms with Gasteiger partial charge in [-0.1, -0.05) is 6.92 Å². The highest BCUT2D eigenvalue weighted by molar-refractivity contribution is 5.94. The van der Waals surface area contributed by atoms with Gasteiger partial charge >= 0.3 is 0 Å². The van der Waals surface area contributed by atoms with Crippen LogP contribution < -0.4 is 15.1 Å². The zero-order chi connectivity index (χ0) is 19.8. The number of ether oxygens (including phenoxy) is 1. The SMILES string of the molecule is COc1c(N2C[C@@H](C)C3(CC3)C2)c(F)cc2c(=O)c(C=O)cn([C@@H]3C[C@@H]3F)c12. The van der Waals surface area contributed by atoms with E-state index in [1.165, 1.54) is 19.4 Å². The Kier molecular flexibility index (Phi) is 3.64. The summed E-state index contributed by atoms with van der Waals surface area (Å²) in [5.74, 6) is 0.146. The Morgan fingerprint density at radius 1 is 1.36 bits per heavy atom. The number of pyridine rings is 1. The number of rotatable bonds is 4. The number of anilines is 1. The van der Waals surface area contributed by atoms with Crippen molar-refractivity contribution in [2.24, 2.45) is 11.3 Å². The quantitative estimate of drug-likeness (QED) is 0.753. The zero-order valence-corrected chi connectivity index (χ0v) is 15.9. The van der Waals surface area contributed by atoms with Crippen LogP contribution in [0.1, 0.15) is 42.6 Å². The fourth-order valence-electron chi connectivity index (χ4n) is 4.84. The number of hydrogen-bond acceptors (Lipinski definition) is 4. The van der Waals surface area contributed by atoms with Gasteiger partial charge in [0.15, 0.2) is 23.3 Å². The van der Waals surface area contributed by atoms with E-state index < -0.39 is 23.5 Å². The number of hydrogen-bond donors (Lipinski definition) is 0. The summed E-state index contributed by atoms with van der Waals surface area (Å²) in [6.45, 7) is 3.64. The second-order valence-electron chi connectivity index (χ2n) is 8.54. The molecule has 1 aromatic carbocycles. The molecule has 0 unspecified atom stereocenters. The Hall–Kier alpha value is -2.44. The number of carbonyl (C=O) groups excluding carboxylic acids is 1. The standard InChI is InChI=1S/C21H22F2N2O3/c1-11-7-24(10-21(11)3-4-21)18-15(23)5-13-17(20(18)28-2)25(16-6-14(16)22)8-12(9-26)19(13)27/h5,8-9,11,14,16H,3-4,6-7,10H2,1-2H3/t11-,14+,16-/m1/s1. The maximum absolute atomic E-state index is 15.2. The van der Waals surface area contributed by atoms with Crippen molar-refractivity contribution in [2.75, 3.05) is 25.1 Å². The lowest BCUT2D eigenvalue weighted by Crippen LogP contribution is -2.24. The third-order valence-corrected chi connectivity index (χ3v) is 6.85.